The molecule has 1 fully saturated rings. The summed E-state index contributed by atoms with van der Waals surface area (Å²) in [6.07, 6.45) is 2.05. The molecule has 5 nitrogen and oxygen atoms in total. The largest absolute Gasteiger partial charge is 0.493 e. The summed E-state index contributed by atoms with van der Waals surface area (Å²) in [6, 6.07) is 6.05. The molecule has 1 aliphatic rings. The molecule has 1 aliphatic heterocycles. The average Bonchev–Trinajstić information content (AvgIpc) is 2.94. The zero-order valence-electron chi connectivity index (χ0n) is 12.5. The second kappa shape index (κ2) is 6.63. The van der Waals surface area contributed by atoms with Gasteiger partial charge in [0, 0.05) is 18.2 Å². The minimum atomic E-state index is -0.937. The van der Waals surface area contributed by atoms with Crippen molar-refractivity contribution < 1.29 is 19.4 Å². The molecule has 1 atom stereocenters. The molecule has 0 saturated carbocycles. The number of carboxylic acid groups (broad SMARTS) is 1. The van der Waals surface area contributed by atoms with E-state index in [4.69, 9.17) is 14.6 Å². The lowest BCUT2D eigenvalue weighted by atomic mass is 10.0. The van der Waals surface area contributed by atoms with E-state index in [2.05, 4.69) is 11.5 Å². The zero-order chi connectivity index (χ0) is 15.4. The molecule has 1 aromatic carbocycles. The number of likely N-dealkylation sites (tertiary alicyclic amines) is 1. The van der Waals surface area contributed by atoms with Crippen LogP contribution in [0.4, 0.5) is 0 Å². The summed E-state index contributed by atoms with van der Waals surface area (Å²) in [5.41, 5.74) is 1.34. The molecule has 1 saturated heterocycles. The SMILES string of the molecule is C=C(CN1CCCC1c1ccc(OC)c(OC)c1)C(=O)O. The highest BCUT2D eigenvalue weighted by molar-refractivity contribution is 5.86. The Morgan fingerprint density at radius 1 is 1.38 bits per heavy atom. The van der Waals surface area contributed by atoms with Crippen LogP contribution < -0.4 is 9.47 Å². The zero-order valence-corrected chi connectivity index (χ0v) is 12.5. The van der Waals surface area contributed by atoms with Crippen LogP contribution in [0.15, 0.2) is 30.4 Å². The van der Waals surface area contributed by atoms with Crippen LogP contribution in [0.2, 0.25) is 0 Å². The Bertz CT molecular complexity index is 541. The Balaban J connectivity index is 2.19. The minimum absolute atomic E-state index is 0.195. The van der Waals surface area contributed by atoms with Crippen molar-refractivity contribution in [3.63, 3.8) is 0 Å². The van der Waals surface area contributed by atoms with Crippen LogP contribution in [0.3, 0.4) is 0 Å². The van der Waals surface area contributed by atoms with Gasteiger partial charge in [0.05, 0.1) is 14.2 Å². The van der Waals surface area contributed by atoms with Gasteiger partial charge in [-0.15, -0.1) is 0 Å². The number of nitrogens with zero attached hydrogens (tertiary/aromatic N) is 1. The Morgan fingerprint density at radius 2 is 2.10 bits per heavy atom. The summed E-state index contributed by atoms with van der Waals surface area (Å²) in [5.74, 6) is 0.451. The van der Waals surface area contributed by atoms with Gasteiger partial charge < -0.3 is 14.6 Å². The van der Waals surface area contributed by atoms with E-state index in [0.29, 0.717) is 18.0 Å². The van der Waals surface area contributed by atoms with E-state index in [-0.39, 0.29) is 11.6 Å². The molecule has 114 valence electrons. The number of hydrogen-bond donors (Lipinski definition) is 1. The maximum atomic E-state index is 11.0. The second-order valence-corrected chi connectivity index (χ2v) is 5.15. The van der Waals surface area contributed by atoms with Crippen LogP contribution in [0.1, 0.15) is 24.4 Å². The van der Waals surface area contributed by atoms with Crippen LogP contribution in [-0.4, -0.2) is 43.3 Å². The third-order valence-electron chi connectivity index (χ3n) is 3.85. The Hall–Kier alpha value is -2.01. The van der Waals surface area contributed by atoms with Crippen LogP contribution >= 0.6 is 0 Å². The van der Waals surface area contributed by atoms with Crippen molar-refractivity contribution in [1.82, 2.24) is 4.90 Å². The predicted molar refractivity (Wildman–Crippen MR) is 79.9 cm³/mol. The molecule has 1 heterocycles. The third-order valence-corrected chi connectivity index (χ3v) is 3.85. The molecule has 1 unspecified atom stereocenters. The lowest BCUT2D eigenvalue weighted by Gasteiger charge is -2.25. The fourth-order valence-electron chi connectivity index (χ4n) is 2.77. The monoisotopic (exact) mass is 291 g/mol. The van der Waals surface area contributed by atoms with Crippen LogP contribution in [0.5, 0.6) is 11.5 Å². The summed E-state index contributed by atoms with van der Waals surface area (Å²) in [5, 5.41) is 8.99. The molecule has 1 aromatic rings. The lowest BCUT2D eigenvalue weighted by molar-refractivity contribution is -0.132. The molecule has 0 aromatic heterocycles. The minimum Gasteiger partial charge on any atom is -0.493 e. The van der Waals surface area contributed by atoms with E-state index in [9.17, 15) is 4.79 Å². The van der Waals surface area contributed by atoms with Crippen molar-refractivity contribution in [2.24, 2.45) is 0 Å². The summed E-state index contributed by atoms with van der Waals surface area (Å²) in [7, 11) is 3.22. The fourth-order valence-corrected chi connectivity index (χ4v) is 2.77. The first-order chi connectivity index (χ1) is 10.1. The number of ether oxygens (including phenoxy) is 2. The Morgan fingerprint density at radius 3 is 2.71 bits per heavy atom. The molecule has 2 rings (SSSR count). The number of hydrogen-bond acceptors (Lipinski definition) is 4. The highest BCUT2D eigenvalue weighted by atomic mass is 16.5. The maximum Gasteiger partial charge on any atom is 0.332 e. The topological polar surface area (TPSA) is 59.0 Å². The van der Waals surface area contributed by atoms with Gasteiger partial charge in [-0.25, -0.2) is 4.79 Å². The van der Waals surface area contributed by atoms with Gasteiger partial charge in [0.2, 0.25) is 0 Å². The molecule has 5 heteroatoms. The van der Waals surface area contributed by atoms with Gasteiger partial charge in [0.15, 0.2) is 11.5 Å². The van der Waals surface area contributed by atoms with Crippen LogP contribution in [0, 0.1) is 0 Å². The van der Waals surface area contributed by atoms with Gasteiger partial charge in [0.25, 0.3) is 0 Å². The predicted octanol–water partition coefficient (Wildman–Crippen LogP) is 2.48. The molecule has 0 amide bonds. The fraction of sp³-hybridized carbons (Fsp3) is 0.438. The molecule has 21 heavy (non-hydrogen) atoms. The van der Waals surface area contributed by atoms with Gasteiger partial charge in [-0.05, 0) is 37.1 Å². The molecular formula is C16H21NO4. The quantitative estimate of drug-likeness (QED) is 0.816. The number of methoxy groups -OCH3 is 2. The summed E-state index contributed by atoms with van der Waals surface area (Å²) in [4.78, 5) is 13.1. The van der Waals surface area contributed by atoms with Crippen LogP contribution in [-0.2, 0) is 4.79 Å². The summed E-state index contributed by atoms with van der Waals surface area (Å²) in [6.45, 7) is 4.88. The smallest absolute Gasteiger partial charge is 0.332 e. The summed E-state index contributed by atoms with van der Waals surface area (Å²) < 4.78 is 10.6. The highest BCUT2D eigenvalue weighted by Crippen LogP contribution is 2.37. The number of benzene rings is 1. The van der Waals surface area contributed by atoms with Crippen molar-refractivity contribution >= 4 is 5.97 Å². The number of rotatable bonds is 6. The van der Waals surface area contributed by atoms with Crippen molar-refractivity contribution in [2.75, 3.05) is 27.3 Å². The number of carbonyl (C=O) groups is 1. The third kappa shape index (κ3) is 3.36. The van der Waals surface area contributed by atoms with Gasteiger partial charge >= 0.3 is 5.97 Å². The first kappa shape index (κ1) is 15.4. The van der Waals surface area contributed by atoms with E-state index in [1.54, 1.807) is 14.2 Å². The lowest BCUT2D eigenvalue weighted by Crippen LogP contribution is -2.27. The van der Waals surface area contributed by atoms with Crippen molar-refractivity contribution in [2.45, 2.75) is 18.9 Å². The first-order valence-electron chi connectivity index (χ1n) is 6.94. The van der Waals surface area contributed by atoms with Crippen molar-refractivity contribution in [3.05, 3.63) is 35.9 Å². The molecule has 0 radical (unpaired) electrons. The van der Waals surface area contributed by atoms with E-state index in [0.717, 1.165) is 24.9 Å². The second-order valence-electron chi connectivity index (χ2n) is 5.15. The molecule has 0 spiro atoms. The van der Waals surface area contributed by atoms with Crippen LogP contribution in [0.25, 0.3) is 0 Å². The van der Waals surface area contributed by atoms with Crippen molar-refractivity contribution in [3.8, 4) is 11.5 Å². The van der Waals surface area contributed by atoms with Gasteiger partial charge in [-0.1, -0.05) is 12.6 Å². The Kier molecular flexibility index (Phi) is 4.85. The van der Waals surface area contributed by atoms with E-state index >= 15 is 0 Å². The molecule has 0 bridgehead atoms. The van der Waals surface area contributed by atoms with Gasteiger partial charge in [-0.2, -0.15) is 0 Å². The van der Waals surface area contributed by atoms with Gasteiger partial charge in [-0.3, -0.25) is 4.90 Å². The average molecular weight is 291 g/mol. The normalized spacial score (nSPS) is 18.5. The van der Waals surface area contributed by atoms with E-state index in [1.165, 1.54) is 0 Å². The molecule has 0 aliphatic carbocycles. The highest BCUT2D eigenvalue weighted by Gasteiger charge is 2.28. The molecular weight excluding hydrogens is 270 g/mol. The summed E-state index contributed by atoms with van der Waals surface area (Å²) >= 11 is 0. The van der Waals surface area contributed by atoms with E-state index in [1.807, 2.05) is 18.2 Å². The van der Waals surface area contributed by atoms with Gasteiger partial charge in [0.1, 0.15) is 0 Å². The maximum absolute atomic E-state index is 11.0. The number of aliphatic carboxylic acids is 1. The number of carboxylic acids is 1. The van der Waals surface area contributed by atoms with E-state index < -0.39 is 5.97 Å². The Labute approximate surface area is 124 Å². The van der Waals surface area contributed by atoms with Crippen molar-refractivity contribution in [1.29, 1.82) is 0 Å². The molecule has 1 N–H and O–H groups in total. The standard InChI is InChI=1S/C16H21NO4/c1-11(16(18)19)10-17-8-4-5-13(17)12-6-7-14(20-2)15(9-12)21-3/h6-7,9,13H,1,4-5,8,10H2,2-3H3,(H,18,19). The first-order valence-corrected chi connectivity index (χ1v) is 6.94.